The summed E-state index contributed by atoms with van der Waals surface area (Å²) in [6.45, 7) is 1.68. The number of carboxylic acid groups (broad SMARTS) is 1. The fourth-order valence-corrected chi connectivity index (χ4v) is 4.33. The lowest BCUT2D eigenvalue weighted by Crippen LogP contribution is -2.42. The van der Waals surface area contributed by atoms with Gasteiger partial charge in [-0.05, 0) is 50.4 Å². The minimum atomic E-state index is -1.12. The van der Waals surface area contributed by atoms with Gasteiger partial charge in [0.1, 0.15) is 5.52 Å². The number of aromatic carboxylic acids is 1. The van der Waals surface area contributed by atoms with E-state index >= 15 is 0 Å². The third-order valence-corrected chi connectivity index (χ3v) is 5.95. The van der Waals surface area contributed by atoms with Crippen LogP contribution in [0.3, 0.4) is 0 Å². The van der Waals surface area contributed by atoms with Crippen molar-refractivity contribution in [1.82, 2.24) is 20.2 Å². The van der Waals surface area contributed by atoms with Gasteiger partial charge in [0, 0.05) is 46.7 Å². The summed E-state index contributed by atoms with van der Waals surface area (Å²) in [4.78, 5) is 44.7. The number of carbonyl (C=O) groups is 2. The van der Waals surface area contributed by atoms with Crippen LogP contribution in [0.4, 0.5) is 0 Å². The van der Waals surface area contributed by atoms with Crippen LogP contribution in [0.15, 0.2) is 29.2 Å². The predicted octanol–water partition coefficient (Wildman–Crippen LogP) is 2.49. The Hall–Kier alpha value is -2.84. The maximum absolute atomic E-state index is 13.3. The molecular formula is C21H23ClN4O4. The number of amides is 1. The normalized spacial score (nSPS) is 18.5. The number of halogens is 1. The number of aromatic amines is 2. The van der Waals surface area contributed by atoms with E-state index in [-0.39, 0.29) is 41.0 Å². The molecule has 1 aliphatic heterocycles. The molecule has 2 aromatic heterocycles. The summed E-state index contributed by atoms with van der Waals surface area (Å²) in [5.74, 6) is -1.17. The zero-order valence-corrected chi connectivity index (χ0v) is 17.1. The fourth-order valence-electron chi connectivity index (χ4n) is 4.33. The number of rotatable bonds is 5. The highest BCUT2D eigenvalue weighted by Crippen LogP contribution is 2.31. The number of hydrogen-bond acceptors (Lipinski definition) is 4. The van der Waals surface area contributed by atoms with E-state index in [1.54, 1.807) is 18.2 Å². The van der Waals surface area contributed by atoms with Crippen LogP contribution < -0.4 is 10.9 Å². The predicted molar refractivity (Wildman–Crippen MR) is 116 cm³/mol. The van der Waals surface area contributed by atoms with Crippen LogP contribution in [0, 0.1) is 0 Å². The number of nitrogens with one attached hydrogen (secondary N) is 3. The van der Waals surface area contributed by atoms with E-state index in [0.29, 0.717) is 34.4 Å². The molecule has 3 heterocycles. The Balaban J connectivity index is 0.00000218. The summed E-state index contributed by atoms with van der Waals surface area (Å²) in [6.07, 6.45) is 5.55. The number of hydrogen-bond donors (Lipinski definition) is 4. The highest BCUT2D eigenvalue weighted by atomic mass is 35.5. The molecule has 8 nitrogen and oxygen atoms in total. The van der Waals surface area contributed by atoms with Crippen molar-refractivity contribution >= 4 is 46.1 Å². The van der Waals surface area contributed by atoms with Crippen molar-refractivity contribution < 1.29 is 14.7 Å². The van der Waals surface area contributed by atoms with Gasteiger partial charge >= 0.3 is 5.97 Å². The lowest BCUT2D eigenvalue weighted by Gasteiger charge is -2.26. The second kappa shape index (κ2) is 7.77. The lowest BCUT2D eigenvalue weighted by atomic mass is 10.0. The monoisotopic (exact) mass is 430 g/mol. The Bertz CT molecular complexity index is 1190. The first-order chi connectivity index (χ1) is 14.0. The van der Waals surface area contributed by atoms with Gasteiger partial charge in [0.2, 0.25) is 0 Å². The van der Waals surface area contributed by atoms with E-state index in [0.717, 1.165) is 32.2 Å². The molecule has 0 bridgehead atoms. The van der Waals surface area contributed by atoms with E-state index in [1.807, 2.05) is 4.90 Å². The van der Waals surface area contributed by atoms with Gasteiger partial charge < -0.3 is 25.3 Å². The molecule has 158 valence electrons. The van der Waals surface area contributed by atoms with Gasteiger partial charge in [0.25, 0.3) is 11.5 Å². The average Bonchev–Trinajstić information content (AvgIpc) is 3.22. The summed E-state index contributed by atoms with van der Waals surface area (Å²) >= 11 is 0. The molecule has 1 unspecified atom stereocenters. The number of aromatic nitrogens is 2. The Morgan fingerprint density at radius 2 is 2.00 bits per heavy atom. The van der Waals surface area contributed by atoms with Crippen molar-refractivity contribution in [3.63, 3.8) is 0 Å². The van der Waals surface area contributed by atoms with Crippen LogP contribution in [0.25, 0.3) is 21.8 Å². The van der Waals surface area contributed by atoms with Crippen LogP contribution in [0.2, 0.25) is 0 Å². The third-order valence-electron chi connectivity index (χ3n) is 5.95. The number of H-pyrrole nitrogens is 2. The minimum absolute atomic E-state index is 0. The minimum Gasteiger partial charge on any atom is -0.478 e. The summed E-state index contributed by atoms with van der Waals surface area (Å²) in [6, 6.07) is 5.69. The Morgan fingerprint density at radius 3 is 2.67 bits per heavy atom. The largest absolute Gasteiger partial charge is 0.478 e. The van der Waals surface area contributed by atoms with Gasteiger partial charge in [-0.1, -0.05) is 0 Å². The lowest BCUT2D eigenvalue weighted by molar-refractivity contribution is 0.0697. The number of pyridine rings is 1. The molecule has 1 amide bonds. The summed E-state index contributed by atoms with van der Waals surface area (Å²) < 4.78 is 0. The highest BCUT2D eigenvalue weighted by Gasteiger charge is 2.35. The fraction of sp³-hybridized carbons (Fsp3) is 0.381. The number of fused-ring (bicyclic) bond motifs is 3. The number of nitrogens with zero attached hydrogens (tertiary/aromatic N) is 1. The molecule has 2 fully saturated rings. The first kappa shape index (κ1) is 20.4. The molecule has 30 heavy (non-hydrogen) atoms. The van der Waals surface area contributed by atoms with Gasteiger partial charge in [-0.15, -0.1) is 12.4 Å². The first-order valence-electron chi connectivity index (χ1n) is 9.97. The van der Waals surface area contributed by atoms with Crippen molar-refractivity contribution in [2.45, 2.75) is 37.8 Å². The summed E-state index contributed by atoms with van der Waals surface area (Å²) in [7, 11) is 0. The van der Waals surface area contributed by atoms with Gasteiger partial charge in [-0.25, -0.2) is 4.79 Å². The van der Waals surface area contributed by atoms with Crippen molar-refractivity contribution in [1.29, 1.82) is 0 Å². The molecule has 1 saturated heterocycles. The standard InChI is InChI=1S/C21H22N4O4.ClH/c26-19-18-17(15(9-23-18)21(28)29)14-8-11(3-6-16(14)24-19)20(27)25(13-4-5-13)10-12-2-1-7-22-12;/h3,6,8-9,12-13,22-23H,1-2,4-5,7,10H2,(H,24,26)(H,28,29);1H. The van der Waals surface area contributed by atoms with E-state index in [2.05, 4.69) is 15.3 Å². The van der Waals surface area contributed by atoms with Crippen molar-refractivity contribution in [2.24, 2.45) is 0 Å². The summed E-state index contributed by atoms with van der Waals surface area (Å²) in [5, 5.41) is 13.9. The maximum Gasteiger partial charge on any atom is 0.337 e. The SMILES string of the molecule is Cl.O=C(O)c1c[nH]c2c(=O)[nH]c3ccc(C(=O)N(CC4CCCN4)C4CC4)cc3c12. The Morgan fingerprint density at radius 1 is 1.20 bits per heavy atom. The number of carboxylic acids is 1. The molecule has 9 heteroatoms. The van der Waals surface area contributed by atoms with Crippen LogP contribution in [-0.4, -0.2) is 57.0 Å². The van der Waals surface area contributed by atoms with Crippen LogP contribution in [-0.2, 0) is 0 Å². The number of carbonyl (C=O) groups excluding carboxylic acids is 1. The molecule has 1 aliphatic carbocycles. The van der Waals surface area contributed by atoms with Crippen LogP contribution >= 0.6 is 12.4 Å². The van der Waals surface area contributed by atoms with Crippen molar-refractivity contribution in [3.8, 4) is 0 Å². The first-order valence-corrected chi connectivity index (χ1v) is 9.97. The molecule has 0 radical (unpaired) electrons. The molecule has 0 spiro atoms. The average molecular weight is 431 g/mol. The van der Waals surface area contributed by atoms with Crippen LogP contribution in [0.1, 0.15) is 46.4 Å². The van der Waals surface area contributed by atoms with Gasteiger partial charge in [0.15, 0.2) is 0 Å². The zero-order valence-electron chi connectivity index (χ0n) is 16.2. The smallest absolute Gasteiger partial charge is 0.337 e. The second-order valence-electron chi connectivity index (χ2n) is 7.95. The molecule has 1 aromatic carbocycles. The van der Waals surface area contributed by atoms with Gasteiger partial charge in [-0.2, -0.15) is 0 Å². The Labute approximate surface area is 178 Å². The van der Waals surface area contributed by atoms with E-state index < -0.39 is 5.97 Å². The van der Waals surface area contributed by atoms with Crippen molar-refractivity contribution in [2.75, 3.05) is 13.1 Å². The van der Waals surface area contributed by atoms with Gasteiger partial charge in [-0.3, -0.25) is 9.59 Å². The molecular weight excluding hydrogens is 408 g/mol. The zero-order chi connectivity index (χ0) is 20.1. The molecule has 3 aromatic rings. The summed E-state index contributed by atoms with van der Waals surface area (Å²) in [5.41, 5.74) is 0.861. The van der Waals surface area contributed by atoms with E-state index in [4.69, 9.17) is 0 Å². The topological polar surface area (TPSA) is 118 Å². The Kier molecular flexibility index (Phi) is 5.29. The molecule has 5 rings (SSSR count). The molecule has 1 saturated carbocycles. The number of benzene rings is 1. The van der Waals surface area contributed by atoms with E-state index in [9.17, 15) is 19.5 Å². The quantitative estimate of drug-likeness (QED) is 0.496. The maximum atomic E-state index is 13.3. The third kappa shape index (κ3) is 3.46. The highest BCUT2D eigenvalue weighted by molar-refractivity contribution is 6.15. The van der Waals surface area contributed by atoms with Crippen LogP contribution in [0.5, 0.6) is 0 Å². The van der Waals surface area contributed by atoms with E-state index in [1.165, 1.54) is 6.20 Å². The second-order valence-corrected chi connectivity index (χ2v) is 7.95. The van der Waals surface area contributed by atoms with Crippen molar-refractivity contribution in [3.05, 3.63) is 45.9 Å². The van der Waals surface area contributed by atoms with Gasteiger partial charge in [0.05, 0.1) is 5.56 Å². The molecule has 1 atom stereocenters. The molecule has 4 N–H and O–H groups in total. The molecule has 2 aliphatic rings.